The number of hydrogen-bond acceptors (Lipinski definition) is 12. The molecule has 21 heteroatoms. The second-order valence-electron chi connectivity index (χ2n) is 17.3. The van der Waals surface area contributed by atoms with Crippen LogP contribution in [0.25, 0.3) is 64.6 Å². The van der Waals surface area contributed by atoms with E-state index in [4.69, 9.17) is 51.3 Å². The van der Waals surface area contributed by atoms with Crippen LogP contribution in [0.1, 0.15) is 27.8 Å². The first-order valence-corrected chi connectivity index (χ1v) is 29.5. The molecule has 4 aliphatic rings. The first kappa shape index (κ1) is 42.1. The van der Waals surface area contributed by atoms with Crippen LogP contribution in [0.4, 0.5) is 11.6 Å². The summed E-state index contributed by atoms with van der Waals surface area (Å²) in [6.45, 7) is 2.03. The van der Waals surface area contributed by atoms with Gasteiger partial charge in [-0.05, 0) is 0 Å². The van der Waals surface area contributed by atoms with Crippen LogP contribution in [0.5, 0.6) is 0 Å². The van der Waals surface area contributed by atoms with Gasteiger partial charge in [0.25, 0.3) is 0 Å². The molecule has 6 heterocycles. The first-order chi connectivity index (χ1) is 33.5. The predicted octanol–water partition coefficient (Wildman–Crippen LogP) is 8.49. The molecule has 0 aliphatic carbocycles. The van der Waals surface area contributed by atoms with E-state index in [9.17, 15) is 29.8 Å². The van der Waals surface area contributed by atoms with Crippen molar-refractivity contribution in [3.05, 3.63) is 160 Å². The fourth-order valence-corrected chi connectivity index (χ4v) is 16.1. The van der Waals surface area contributed by atoms with E-state index in [1.165, 1.54) is 18.2 Å². The quantitative estimate of drug-likeness (QED) is 0.104. The van der Waals surface area contributed by atoms with Gasteiger partial charge in [-0.3, -0.25) is 0 Å². The predicted molar refractivity (Wildman–Crippen MR) is 272 cm³/mol. The molecule has 0 spiro atoms. The summed E-state index contributed by atoms with van der Waals surface area (Å²) in [5.74, 6) is 2.00. The van der Waals surface area contributed by atoms with Crippen molar-refractivity contribution in [2.24, 2.45) is 30.0 Å². The van der Waals surface area contributed by atoms with Gasteiger partial charge in [0, 0.05) is 0 Å². The van der Waals surface area contributed by atoms with Gasteiger partial charge in [0.2, 0.25) is 0 Å². The Bertz CT molecular complexity index is 4910. The molecule has 70 heavy (non-hydrogen) atoms. The molecule has 2 aromatic heterocycles. The van der Waals surface area contributed by atoms with Gasteiger partial charge in [0.1, 0.15) is 0 Å². The van der Waals surface area contributed by atoms with Gasteiger partial charge in [0.15, 0.2) is 0 Å². The number of halogens is 2. The van der Waals surface area contributed by atoms with Crippen molar-refractivity contribution in [2.45, 2.75) is 21.6 Å². The third kappa shape index (κ3) is 6.06. The van der Waals surface area contributed by atoms with Crippen LogP contribution in [-0.2, 0) is 28.2 Å². The van der Waals surface area contributed by atoms with Crippen LogP contribution >= 0.6 is 21.4 Å². The zero-order valence-corrected chi connectivity index (χ0v) is 42.0. The van der Waals surface area contributed by atoms with Crippen molar-refractivity contribution >= 4 is 167 Å². The van der Waals surface area contributed by atoms with Gasteiger partial charge in [0.05, 0.1) is 0 Å². The number of amidine groups is 4. The Morgan fingerprint density at radius 3 is 1.39 bits per heavy atom. The molecule has 0 unspecified atom stereocenters. The van der Waals surface area contributed by atoms with Crippen molar-refractivity contribution in [1.82, 2.24) is 6.55 Å². The Morgan fingerprint density at radius 1 is 0.429 bits per heavy atom. The molecule has 6 bridgehead atoms. The fourth-order valence-electron chi connectivity index (χ4n) is 10.2. The molecule has 1 N–H and O–H groups in total. The number of rotatable bonds is 3. The van der Waals surface area contributed by atoms with Gasteiger partial charge in [-0.1, -0.05) is 0 Å². The van der Waals surface area contributed by atoms with Crippen LogP contribution in [0.2, 0.25) is 0 Å². The van der Waals surface area contributed by atoms with Crippen molar-refractivity contribution in [3.63, 3.8) is 0 Å². The Morgan fingerprint density at radius 2 is 0.829 bits per heavy atom. The third-order valence-electron chi connectivity index (χ3n) is 13.3. The van der Waals surface area contributed by atoms with Gasteiger partial charge < -0.3 is 0 Å². The number of nitrogens with zero attached hydrogens (tertiary/aromatic N) is 8. The Kier molecular flexibility index (Phi) is 8.52. The van der Waals surface area contributed by atoms with E-state index in [-0.39, 0.29) is 31.7 Å². The van der Waals surface area contributed by atoms with E-state index < -0.39 is 46.1 Å². The first-order valence-electron chi connectivity index (χ1n) is 21.3. The molecule has 0 saturated heterocycles. The van der Waals surface area contributed by atoms with E-state index in [0.29, 0.717) is 99.4 Å². The van der Waals surface area contributed by atoms with Gasteiger partial charge in [-0.2, -0.15) is 0 Å². The molecule has 0 fully saturated rings. The minimum absolute atomic E-state index is 0.0926. The molecule has 337 valence electrons. The molecule has 0 saturated carbocycles. The Balaban J connectivity index is 1.22. The summed E-state index contributed by atoms with van der Waals surface area (Å²) < 4.78 is 92.7. The molecule has 10 aromatic rings. The Labute approximate surface area is 412 Å². The molecular weight excluding hydrogens is 1050 g/mol. The van der Waals surface area contributed by atoms with E-state index in [0.717, 1.165) is 21.9 Å². The summed E-state index contributed by atoms with van der Waals surface area (Å²) in [6.07, 6.45) is 0. The molecular formula is C49H24Cl2GaN8O7S3. The van der Waals surface area contributed by atoms with Crippen LogP contribution in [0.3, 0.4) is 0 Å². The SMILES string of the molecule is Cc1cccc2cc3c(cc12)C1=Nc2c4cc5cccc(S(=O)(=O)Cl)c5cc4c4[n]2[Ga][n]2c(c5cc6cccc(S(=O)(=O)O)c6cc5c2=NC3=N1)=NC1=NC(=N4)c2cc3cccc(S(=O)(=O)Cl)c3cc21. The number of aliphatic imine (C=N–C) groups is 4. The van der Waals surface area contributed by atoms with Crippen molar-refractivity contribution in [2.75, 3.05) is 0 Å². The summed E-state index contributed by atoms with van der Waals surface area (Å²) in [7, 11) is -1.05. The third-order valence-corrected chi connectivity index (χ3v) is 20.0. The summed E-state index contributed by atoms with van der Waals surface area (Å²) in [4.78, 5) is 31.2. The number of aromatic nitrogens is 2. The van der Waals surface area contributed by atoms with Gasteiger partial charge >= 0.3 is 415 Å². The summed E-state index contributed by atoms with van der Waals surface area (Å²) >= 11 is -2.30. The maximum atomic E-state index is 13.2. The monoisotopic (exact) mass is 1070 g/mol. The molecule has 4 aliphatic heterocycles. The van der Waals surface area contributed by atoms with Gasteiger partial charge in [-0.25, -0.2) is 0 Å². The average Bonchev–Trinajstić information content (AvgIpc) is 3.99. The van der Waals surface area contributed by atoms with Crippen LogP contribution in [0, 0.1) is 6.92 Å². The van der Waals surface area contributed by atoms with Crippen molar-refractivity contribution in [1.29, 1.82) is 0 Å². The normalized spacial score (nSPS) is 15.0. The summed E-state index contributed by atoms with van der Waals surface area (Å²) in [5, 5.41) is 6.69. The van der Waals surface area contributed by atoms with Crippen LogP contribution < -0.4 is 11.0 Å². The number of hydrogen-bond donors (Lipinski definition) is 1. The van der Waals surface area contributed by atoms with Crippen molar-refractivity contribution < 1.29 is 29.8 Å². The van der Waals surface area contributed by atoms with Crippen LogP contribution in [0.15, 0.2) is 166 Å². The molecule has 0 amide bonds. The molecule has 8 aromatic carbocycles. The van der Waals surface area contributed by atoms with Crippen LogP contribution in [-0.4, -0.2) is 77.6 Å². The zero-order valence-electron chi connectivity index (χ0n) is 35.6. The summed E-state index contributed by atoms with van der Waals surface area (Å²) in [5.41, 5.74) is 4.22. The van der Waals surface area contributed by atoms with E-state index in [2.05, 4.69) is 6.07 Å². The second-order valence-corrected chi connectivity index (χ2v) is 26.4. The number of benzene rings is 8. The van der Waals surface area contributed by atoms with Gasteiger partial charge in [-0.15, -0.1) is 0 Å². The minimum atomic E-state index is -4.70. The standard InChI is InChI=1S/C49H24Cl2N8O7S3.Ga/c1-22-6-2-7-23-14-31-35(18-27(22)23)46-52-42(31)54-49-38-21-30-26(10-5-13-41(30)69(64,65)66)17-34(38)45(59-49)58-48-37-20-29-25(9-4-12-40(29)68(51,62)63)16-33(37)44(57-48)56-47-36-19-28-24(15-32(36)43(53-46)55-47)8-3-11-39(28)67(50,60)61;/h2-21H,1H3,(H-2,52,53,54,55,56,57,58,59,64,65,66);/q-2;+2. The summed E-state index contributed by atoms with van der Waals surface area (Å²) in [6, 6.07) is 35.0. The molecule has 15 nitrogen and oxygen atoms in total. The molecule has 1 radical (unpaired) electrons. The second kappa shape index (κ2) is 14.2. The zero-order chi connectivity index (χ0) is 47.9. The van der Waals surface area contributed by atoms with Crippen molar-refractivity contribution in [3.8, 4) is 0 Å². The number of aryl methyl sites for hydroxylation is 1. The fraction of sp³-hybridized carbons (Fsp3) is 0.0204. The maximum absolute atomic E-state index is 13.2. The molecule has 14 rings (SSSR count). The number of fused-ring (bicyclic) bond motifs is 18. The Hall–Kier alpha value is -6.81. The molecule has 0 atom stereocenters. The average molecular weight is 1070 g/mol. The van der Waals surface area contributed by atoms with E-state index >= 15 is 0 Å². The van der Waals surface area contributed by atoms with E-state index in [1.807, 2.05) is 43.8 Å². The topological polar surface area (TPSA) is 207 Å². The van der Waals surface area contributed by atoms with E-state index in [1.54, 1.807) is 66.7 Å².